The van der Waals surface area contributed by atoms with Gasteiger partial charge in [0.2, 0.25) is 40.1 Å². The van der Waals surface area contributed by atoms with Crippen molar-refractivity contribution in [1.82, 2.24) is 28.9 Å². The number of carboxylic acid groups (broad SMARTS) is 1. The van der Waals surface area contributed by atoms with E-state index < -0.39 is 112 Å². The Morgan fingerprint density at radius 1 is 0.378 bits per heavy atom. The van der Waals surface area contributed by atoms with E-state index in [0.717, 1.165) is 93.7 Å². The number of methoxy groups -OCH3 is 3. The summed E-state index contributed by atoms with van der Waals surface area (Å²) in [4.78, 5) is 56.7. The molecule has 1 saturated heterocycles. The van der Waals surface area contributed by atoms with Gasteiger partial charge in [0.15, 0.2) is 0 Å². The molecule has 1 fully saturated rings. The number of furan rings is 4. The topological polar surface area (TPSA) is 398 Å². The van der Waals surface area contributed by atoms with Crippen molar-refractivity contribution in [2.24, 2.45) is 23.7 Å². The standard InChI is InChI=1S/C25H22N2O5S2.C24H30BNO7S.C24H20N2O5S2.C18H18INO5S/c1-14(2)23(25(28)31-3)27-34(29,30)16-9-11-18-17-10-8-15(12-20(17)32-21(18)13-16)24-26-19-6-4-5-7-22(19)33-24;1-14(2)21(22(27)30-7)26-34(28,29)16-9-11-18-17-10-8-15(12-19(17)31-20(18)13-16)25-32-23(3,4)24(5,6)33-25;1-13(2)22(24(27)28)26-33(29,30)15-8-10-17-16-9-7-14(11-19(16)31-20(17)12-15)23-25-18-5-3-4-6-21(18)32-23;1-10(2)17(18(21)24-3)20-26(22,23)12-5-7-14-13-6-4-11(19)8-15(13)25-16(14)9-12/h4-14,23,27H,1-3H3;8-14,21,26H,1-7H3;3-13,22,26H,1-2H3,(H,27,28);4-10,17,20H,1-3H3/t23-;21-;22-;17-/m0000/s1. The molecule has 1 aliphatic rings. The van der Waals surface area contributed by atoms with Crippen molar-refractivity contribution in [3.05, 3.63) is 198 Å². The second kappa shape index (κ2) is 36.5. The van der Waals surface area contributed by atoms with E-state index in [9.17, 15) is 58.0 Å². The Hall–Kier alpha value is -10.6. The molecule has 16 aromatic rings. The fraction of sp³-hybridized carbons (Fsp3) is 0.275. The van der Waals surface area contributed by atoms with Crippen molar-refractivity contribution in [2.45, 2.75) is 138 Å². The van der Waals surface area contributed by atoms with E-state index in [4.69, 9.17) is 46.2 Å². The predicted molar refractivity (Wildman–Crippen MR) is 500 cm³/mol. The summed E-state index contributed by atoms with van der Waals surface area (Å²) >= 11 is 5.39. The molecule has 5 N–H and O–H groups in total. The molecule has 10 aromatic carbocycles. The van der Waals surface area contributed by atoms with Crippen LogP contribution >= 0.6 is 45.3 Å². The summed E-state index contributed by atoms with van der Waals surface area (Å²) in [6.45, 7) is 21.7. The summed E-state index contributed by atoms with van der Waals surface area (Å²) in [6.07, 6.45) is 0. The number of rotatable bonds is 23. The van der Waals surface area contributed by atoms with Gasteiger partial charge in [0.25, 0.3) is 0 Å². The van der Waals surface area contributed by atoms with Crippen molar-refractivity contribution in [3.63, 3.8) is 0 Å². The van der Waals surface area contributed by atoms with Crippen LogP contribution < -0.4 is 24.4 Å². The Morgan fingerprint density at radius 3 is 0.961 bits per heavy atom. The zero-order valence-electron chi connectivity index (χ0n) is 71.4. The Balaban J connectivity index is 0.000000138. The van der Waals surface area contributed by atoms with Crippen molar-refractivity contribution >= 4 is 230 Å². The van der Waals surface area contributed by atoms with Crippen molar-refractivity contribution in [1.29, 1.82) is 0 Å². The number of nitrogens with zero attached hydrogens (tertiary/aromatic N) is 2. The molecule has 0 aliphatic carbocycles. The van der Waals surface area contributed by atoms with E-state index in [-0.39, 0.29) is 37.3 Å². The molecule has 6 aromatic heterocycles. The highest BCUT2D eigenvalue weighted by atomic mass is 127. The van der Waals surface area contributed by atoms with Gasteiger partial charge in [-0.05, 0) is 201 Å². The summed E-state index contributed by atoms with van der Waals surface area (Å²) in [5.41, 5.74) is 7.92. The number of ether oxygens (including phenoxy) is 3. The zero-order chi connectivity index (χ0) is 91.5. The maximum atomic E-state index is 13.0. The van der Waals surface area contributed by atoms with Gasteiger partial charge in [-0.15, -0.1) is 22.7 Å². The average molecular weight is 1950 g/mol. The SMILES string of the molecule is CC(C)[C@H](NS(=O)(=O)c1ccc2c(c1)oc1cc(-c3nc4ccccc4s3)ccc12)C(=O)O.COC(=O)[C@@H](NS(=O)(=O)c1ccc2c(c1)oc1cc(-c3nc4ccccc4s3)ccc12)C(C)C.COC(=O)[C@@H](NS(=O)(=O)c1ccc2c(c1)oc1cc(B3OC(C)(C)C(C)(C)O3)ccc12)C(C)C.COC(=O)[C@@H](NS(=O)(=O)c1ccc2c(c1)oc1cc(I)ccc12)C(C)C. The van der Waals surface area contributed by atoms with Crippen LogP contribution in [0.5, 0.6) is 0 Å². The minimum Gasteiger partial charge on any atom is -0.480 e. The zero-order valence-corrected chi connectivity index (χ0v) is 78.5. The summed E-state index contributed by atoms with van der Waals surface area (Å²) in [5, 5.41) is 17.8. The first-order valence-electron chi connectivity index (χ1n) is 40.1. The van der Waals surface area contributed by atoms with E-state index in [0.29, 0.717) is 44.7 Å². The smallest absolute Gasteiger partial charge is 0.480 e. The summed E-state index contributed by atoms with van der Waals surface area (Å²) < 4.78 is 166. The number of para-hydroxylation sites is 2. The third kappa shape index (κ3) is 19.4. The molecule has 0 spiro atoms. The number of hydrogen-bond donors (Lipinski definition) is 5. The molecule has 0 amide bonds. The lowest BCUT2D eigenvalue weighted by Crippen LogP contribution is -2.44. The van der Waals surface area contributed by atoms with E-state index >= 15 is 0 Å². The van der Waals surface area contributed by atoms with Crippen LogP contribution in [0.4, 0.5) is 0 Å². The third-order valence-corrected chi connectivity index (χ3v) is 30.6. The lowest BCUT2D eigenvalue weighted by atomic mass is 9.79. The molecule has 0 bridgehead atoms. The predicted octanol–water partition coefficient (Wildman–Crippen LogP) is 17.6. The number of nitrogens with one attached hydrogen (secondary N) is 4. The maximum absolute atomic E-state index is 13.0. The van der Waals surface area contributed by atoms with Crippen LogP contribution in [0.15, 0.2) is 231 Å². The number of hydrogen-bond acceptors (Lipinski definition) is 25. The number of carboxylic acids is 1. The quantitative estimate of drug-likeness (QED) is 0.0172. The summed E-state index contributed by atoms with van der Waals surface area (Å²) in [6, 6.07) is 53.5. The monoisotopic (exact) mass is 1950 g/mol. The van der Waals surface area contributed by atoms with Gasteiger partial charge in [0, 0.05) is 82.1 Å². The van der Waals surface area contributed by atoms with Crippen molar-refractivity contribution in [3.8, 4) is 21.1 Å². The van der Waals surface area contributed by atoms with Gasteiger partial charge >= 0.3 is 31.0 Å². The number of esters is 3. The molecule has 662 valence electrons. The van der Waals surface area contributed by atoms with Crippen LogP contribution in [0, 0.1) is 27.2 Å². The maximum Gasteiger partial charge on any atom is 0.494 e. The van der Waals surface area contributed by atoms with Gasteiger partial charge in [-0.2, -0.15) is 18.9 Å². The number of benzene rings is 10. The minimum absolute atomic E-state index is 0.000193. The number of carbonyl (C=O) groups excluding carboxylic acids is 3. The van der Waals surface area contributed by atoms with Crippen LogP contribution in [0.2, 0.25) is 0 Å². The fourth-order valence-electron chi connectivity index (χ4n) is 14.2. The van der Waals surface area contributed by atoms with E-state index in [1.165, 1.54) is 69.9 Å². The molecular formula is C91H90BIN6O22S6. The van der Waals surface area contributed by atoms with Gasteiger partial charge in [0.05, 0.1) is 72.5 Å². The first kappa shape index (κ1) is 92.6. The Bertz CT molecular complexity index is 7400. The molecule has 4 atom stereocenters. The lowest BCUT2D eigenvalue weighted by Gasteiger charge is -2.32. The summed E-state index contributed by atoms with van der Waals surface area (Å²) in [7, 11) is -12.8. The highest BCUT2D eigenvalue weighted by Gasteiger charge is 2.52. The third-order valence-electron chi connectivity index (χ3n) is 22.0. The fourth-order valence-corrected chi connectivity index (χ4v) is 22.0. The number of aromatic nitrogens is 2. The highest BCUT2D eigenvalue weighted by molar-refractivity contribution is 14.1. The van der Waals surface area contributed by atoms with Gasteiger partial charge in [-0.3, -0.25) is 19.2 Å². The van der Waals surface area contributed by atoms with Gasteiger partial charge in [-0.1, -0.05) is 104 Å². The number of sulfonamides is 4. The number of aliphatic carboxylic acids is 1. The molecule has 127 heavy (non-hydrogen) atoms. The second-order valence-corrected chi connectivity index (χ2v) is 42.9. The highest BCUT2D eigenvalue weighted by Crippen LogP contribution is 2.42. The number of halogens is 1. The molecular weight excluding hydrogens is 1860 g/mol. The lowest BCUT2D eigenvalue weighted by molar-refractivity contribution is -0.144. The van der Waals surface area contributed by atoms with Gasteiger partial charge < -0.3 is 46.3 Å². The second-order valence-electron chi connectivity index (χ2n) is 32.7. The molecule has 28 nitrogen and oxygen atoms in total. The summed E-state index contributed by atoms with van der Waals surface area (Å²) in [5.74, 6) is -4.35. The van der Waals surface area contributed by atoms with Crippen LogP contribution in [-0.2, 0) is 82.8 Å². The van der Waals surface area contributed by atoms with Crippen LogP contribution in [0.3, 0.4) is 0 Å². The van der Waals surface area contributed by atoms with Gasteiger partial charge in [0.1, 0.15) is 78.8 Å². The molecule has 0 radical (unpaired) electrons. The molecule has 17 rings (SSSR count). The number of carbonyl (C=O) groups is 4. The minimum atomic E-state index is -4.04. The molecule has 36 heteroatoms. The molecule has 1 aliphatic heterocycles. The average Bonchev–Trinajstić information content (AvgIpc) is 1.63. The van der Waals surface area contributed by atoms with Gasteiger partial charge in [-0.25, -0.2) is 43.6 Å². The molecule has 0 saturated carbocycles. The van der Waals surface area contributed by atoms with Crippen LogP contribution in [0.25, 0.3) is 129 Å². The Morgan fingerprint density at radius 2 is 0.654 bits per heavy atom. The Labute approximate surface area is 753 Å². The Kier molecular flexibility index (Phi) is 26.6. The van der Waals surface area contributed by atoms with Crippen LogP contribution in [0.1, 0.15) is 83.1 Å². The first-order chi connectivity index (χ1) is 60.0. The number of thiazole rings is 2. The van der Waals surface area contributed by atoms with Crippen molar-refractivity contribution in [2.75, 3.05) is 21.3 Å². The van der Waals surface area contributed by atoms with E-state index in [1.807, 2.05) is 149 Å². The van der Waals surface area contributed by atoms with E-state index in [1.54, 1.807) is 102 Å². The van der Waals surface area contributed by atoms with Crippen LogP contribution in [-0.4, -0.2) is 136 Å². The first-order valence-corrected chi connectivity index (χ1v) is 48.8. The van der Waals surface area contributed by atoms with Crippen molar-refractivity contribution < 1.29 is 99.1 Å². The molecule has 0 unspecified atom stereocenters. The largest absolute Gasteiger partial charge is 0.494 e. The number of fused-ring (bicyclic) bond motifs is 14. The normalized spacial score (nSPS) is 14.7. The van der Waals surface area contributed by atoms with E-state index in [2.05, 4.69) is 46.5 Å². The molecule has 7 heterocycles.